The Balaban J connectivity index is 2.08. The molecule has 3 N–H and O–H groups in total. The number of nitrogens with two attached hydrogens (primary N) is 1. The molecule has 2 unspecified atom stereocenters. The molecule has 0 aromatic carbocycles. The minimum absolute atomic E-state index is 0.181. The fourth-order valence-electron chi connectivity index (χ4n) is 2.46. The van der Waals surface area contributed by atoms with Gasteiger partial charge in [0.25, 0.3) is 0 Å². The molecule has 0 bridgehead atoms. The normalized spacial score (nSPS) is 24.4. The number of nitrogens with zero attached hydrogens (tertiary/aromatic N) is 1. The summed E-state index contributed by atoms with van der Waals surface area (Å²) in [5.41, 5.74) is 5.14. The van der Waals surface area contributed by atoms with Crippen LogP contribution in [0.4, 0.5) is 0 Å². The smallest absolute Gasteiger partial charge is 0.311 e. The highest BCUT2D eigenvalue weighted by Gasteiger charge is 2.45. The SMILES string of the molecule is CCC1(C(=O)O)CCN(C(=O)C(N)c2cccs2)C1. The third-order valence-corrected chi connectivity index (χ3v) is 4.87. The number of carbonyl (C=O) groups excluding carboxylic acids is 1. The van der Waals surface area contributed by atoms with Crippen molar-refractivity contribution in [1.82, 2.24) is 4.90 Å². The average molecular weight is 282 g/mol. The Labute approximate surface area is 116 Å². The lowest BCUT2D eigenvalue weighted by Gasteiger charge is -2.24. The van der Waals surface area contributed by atoms with Crippen LogP contribution in [0.1, 0.15) is 30.7 Å². The number of hydrogen-bond donors (Lipinski definition) is 2. The Morgan fingerprint density at radius 2 is 2.37 bits per heavy atom. The first-order valence-electron chi connectivity index (χ1n) is 6.31. The maximum Gasteiger partial charge on any atom is 0.311 e. The second-order valence-electron chi connectivity index (χ2n) is 4.94. The second kappa shape index (κ2) is 5.30. The number of likely N-dealkylation sites (tertiary alicyclic amines) is 1. The van der Waals surface area contributed by atoms with Crippen LogP contribution in [0.3, 0.4) is 0 Å². The van der Waals surface area contributed by atoms with Gasteiger partial charge in [-0.15, -0.1) is 11.3 Å². The number of rotatable bonds is 4. The van der Waals surface area contributed by atoms with Crippen molar-refractivity contribution in [2.75, 3.05) is 13.1 Å². The van der Waals surface area contributed by atoms with Crippen LogP contribution in [0.25, 0.3) is 0 Å². The maximum atomic E-state index is 12.3. The van der Waals surface area contributed by atoms with Gasteiger partial charge in [0, 0.05) is 18.0 Å². The summed E-state index contributed by atoms with van der Waals surface area (Å²) < 4.78 is 0. The molecule has 0 aliphatic carbocycles. The van der Waals surface area contributed by atoms with E-state index in [-0.39, 0.29) is 12.5 Å². The zero-order valence-electron chi connectivity index (χ0n) is 10.8. The third-order valence-electron chi connectivity index (χ3n) is 3.91. The molecule has 2 atom stereocenters. The lowest BCUT2D eigenvalue weighted by Crippen LogP contribution is -2.40. The van der Waals surface area contributed by atoms with Crippen LogP contribution in [0.15, 0.2) is 17.5 Å². The van der Waals surface area contributed by atoms with E-state index in [0.717, 1.165) is 4.88 Å². The predicted molar refractivity (Wildman–Crippen MR) is 72.8 cm³/mol. The first-order chi connectivity index (χ1) is 9.00. The van der Waals surface area contributed by atoms with Gasteiger partial charge in [0.2, 0.25) is 5.91 Å². The van der Waals surface area contributed by atoms with Gasteiger partial charge < -0.3 is 15.7 Å². The second-order valence-corrected chi connectivity index (χ2v) is 5.92. The number of amides is 1. The quantitative estimate of drug-likeness (QED) is 0.875. The van der Waals surface area contributed by atoms with Crippen molar-refractivity contribution >= 4 is 23.2 Å². The van der Waals surface area contributed by atoms with Crippen LogP contribution in [0.2, 0.25) is 0 Å². The van der Waals surface area contributed by atoms with Crippen molar-refractivity contribution < 1.29 is 14.7 Å². The Kier molecular flexibility index (Phi) is 3.91. The lowest BCUT2D eigenvalue weighted by molar-refractivity contribution is -0.148. The molecule has 1 aromatic rings. The number of carboxylic acids is 1. The van der Waals surface area contributed by atoms with Gasteiger partial charge in [-0.05, 0) is 24.3 Å². The van der Waals surface area contributed by atoms with E-state index in [1.165, 1.54) is 11.3 Å². The zero-order chi connectivity index (χ0) is 14.0. The molecule has 2 heterocycles. The third kappa shape index (κ3) is 2.50. The molecule has 19 heavy (non-hydrogen) atoms. The number of carbonyl (C=O) groups is 2. The van der Waals surface area contributed by atoms with E-state index in [0.29, 0.717) is 19.4 Å². The predicted octanol–water partition coefficient (Wildman–Crippen LogP) is 1.46. The van der Waals surface area contributed by atoms with E-state index in [4.69, 9.17) is 5.73 Å². The summed E-state index contributed by atoms with van der Waals surface area (Å²) in [4.78, 5) is 26.0. The highest BCUT2D eigenvalue weighted by atomic mass is 32.1. The molecule has 2 rings (SSSR count). The van der Waals surface area contributed by atoms with Gasteiger partial charge in [-0.2, -0.15) is 0 Å². The highest BCUT2D eigenvalue weighted by Crippen LogP contribution is 2.35. The topological polar surface area (TPSA) is 83.6 Å². The molecule has 1 aromatic heterocycles. The summed E-state index contributed by atoms with van der Waals surface area (Å²) in [6, 6.07) is 3.00. The average Bonchev–Trinajstić information content (AvgIpc) is 3.06. The van der Waals surface area contributed by atoms with Crippen LogP contribution in [0.5, 0.6) is 0 Å². The Morgan fingerprint density at radius 3 is 2.84 bits per heavy atom. The first-order valence-corrected chi connectivity index (χ1v) is 7.19. The maximum absolute atomic E-state index is 12.3. The van der Waals surface area contributed by atoms with E-state index in [2.05, 4.69) is 0 Å². The minimum atomic E-state index is -0.824. The van der Waals surface area contributed by atoms with Crippen LogP contribution in [-0.4, -0.2) is 35.0 Å². The van der Waals surface area contributed by atoms with Gasteiger partial charge in [-0.1, -0.05) is 13.0 Å². The van der Waals surface area contributed by atoms with E-state index in [1.54, 1.807) is 4.90 Å². The lowest BCUT2D eigenvalue weighted by atomic mass is 9.84. The molecule has 0 spiro atoms. The molecule has 1 aliphatic rings. The van der Waals surface area contributed by atoms with Crippen LogP contribution in [0, 0.1) is 5.41 Å². The van der Waals surface area contributed by atoms with Gasteiger partial charge in [0.1, 0.15) is 6.04 Å². The van der Waals surface area contributed by atoms with Crippen molar-refractivity contribution in [3.63, 3.8) is 0 Å². The minimum Gasteiger partial charge on any atom is -0.481 e. The van der Waals surface area contributed by atoms with Crippen LogP contribution < -0.4 is 5.73 Å². The molecule has 1 aliphatic heterocycles. The largest absolute Gasteiger partial charge is 0.481 e. The number of thiophene rings is 1. The standard InChI is InChI=1S/C13H18N2O3S/c1-2-13(12(17)18)5-6-15(8-13)11(16)10(14)9-4-3-7-19-9/h3-4,7,10H,2,5-6,8,14H2,1H3,(H,17,18). The summed E-state index contributed by atoms with van der Waals surface area (Å²) >= 11 is 1.44. The van der Waals surface area contributed by atoms with E-state index >= 15 is 0 Å². The van der Waals surface area contributed by atoms with E-state index in [9.17, 15) is 14.7 Å². The van der Waals surface area contributed by atoms with Gasteiger partial charge in [-0.25, -0.2) is 0 Å². The molecular weight excluding hydrogens is 264 g/mol. The van der Waals surface area contributed by atoms with Crippen molar-refractivity contribution in [1.29, 1.82) is 0 Å². The van der Waals surface area contributed by atoms with Gasteiger partial charge in [-0.3, -0.25) is 9.59 Å². The number of carboxylic acid groups (broad SMARTS) is 1. The molecule has 104 valence electrons. The molecular formula is C13H18N2O3S. The number of aliphatic carboxylic acids is 1. The highest BCUT2D eigenvalue weighted by molar-refractivity contribution is 7.10. The van der Waals surface area contributed by atoms with E-state index < -0.39 is 17.4 Å². The van der Waals surface area contributed by atoms with Gasteiger partial charge >= 0.3 is 5.97 Å². The van der Waals surface area contributed by atoms with Gasteiger partial charge in [0.05, 0.1) is 5.41 Å². The monoisotopic (exact) mass is 282 g/mol. The Morgan fingerprint density at radius 1 is 1.63 bits per heavy atom. The summed E-state index contributed by atoms with van der Waals surface area (Å²) in [5.74, 6) is -1.01. The summed E-state index contributed by atoms with van der Waals surface area (Å²) in [7, 11) is 0. The summed E-state index contributed by atoms with van der Waals surface area (Å²) in [6.45, 7) is 2.58. The molecule has 6 heteroatoms. The van der Waals surface area contributed by atoms with E-state index in [1.807, 2.05) is 24.4 Å². The number of hydrogen-bond acceptors (Lipinski definition) is 4. The summed E-state index contributed by atoms with van der Waals surface area (Å²) in [5, 5.41) is 11.2. The molecule has 5 nitrogen and oxygen atoms in total. The molecule has 0 saturated carbocycles. The van der Waals surface area contributed by atoms with Crippen molar-refractivity contribution in [2.45, 2.75) is 25.8 Å². The Bertz CT molecular complexity index is 474. The molecule has 1 saturated heterocycles. The Hall–Kier alpha value is -1.40. The molecule has 1 amide bonds. The first kappa shape index (κ1) is 14.0. The summed E-state index contributed by atoms with van der Waals surface area (Å²) in [6.07, 6.45) is 1.03. The zero-order valence-corrected chi connectivity index (χ0v) is 11.7. The molecule has 0 radical (unpaired) electrons. The fraction of sp³-hybridized carbons (Fsp3) is 0.538. The van der Waals surface area contributed by atoms with Crippen LogP contribution in [-0.2, 0) is 9.59 Å². The van der Waals surface area contributed by atoms with Gasteiger partial charge in [0.15, 0.2) is 0 Å². The fourth-order valence-corrected chi connectivity index (χ4v) is 3.18. The van der Waals surface area contributed by atoms with Crippen LogP contribution >= 0.6 is 11.3 Å². The van der Waals surface area contributed by atoms with Crippen molar-refractivity contribution in [3.05, 3.63) is 22.4 Å². The van der Waals surface area contributed by atoms with Crippen molar-refractivity contribution in [3.8, 4) is 0 Å². The molecule has 1 fully saturated rings. The van der Waals surface area contributed by atoms with Crippen molar-refractivity contribution in [2.24, 2.45) is 11.1 Å².